The van der Waals surface area contributed by atoms with E-state index in [4.69, 9.17) is 0 Å². The number of aromatic nitrogens is 4. The lowest BCUT2D eigenvalue weighted by molar-refractivity contribution is 0.101. The van der Waals surface area contributed by atoms with Crippen LogP contribution in [-0.2, 0) is 6.54 Å². The quantitative estimate of drug-likeness (QED) is 0.883. The van der Waals surface area contributed by atoms with Crippen LogP contribution in [0.4, 0.5) is 5.82 Å². The highest BCUT2D eigenvalue weighted by molar-refractivity contribution is 6.02. The van der Waals surface area contributed by atoms with Gasteiger partial charge in [-0.3, -0.25) is 9.59 Å². The molecule has 0 bridgehead atoms. The largest absolute Gasteiger partial charge is 0.305 e. The minimum absolute atomic E-state index is 0.184. The maximum Gasteiger partial charge on any atom is 0.277 e. The van der Waals surface area contributed by atoms with Crippen molar-refractivity contribution in [1.82, 2.24) is 19.6 Å². The lowest BCUT2D eigenvalue weighted by Gasteiger charge is -2.14. The van der Waals surface area contributed by atoms with Crippen LogP contribution < -0.4 is 10.9 Å². The van der Waals surface area contributed by atoms with Gasteiger partial charge in [-0.1, -0.05) is 26.2 Å². The van der Waals surface area contributed by atoms with E-state index in [2.05, 4.69) is 15.5 Å². The predicted octanol–water partition coefficient (Wildman–Crippen LogP) is 2.61. The van der Waals surface area contributed by atoms with Crippen molar-refractivity contribution < 1.29 is 4.79 Å². The Labute approximate surface area is 140 Å². The molecule has 0 aromatic carbocycles. The summed E-state index contributed by atoms with van der Waals surface area (Å²) >= 11 is 0. The molecule has 1 aliphatic carbocycles. The molecule has 0 unspecified atom stereocenters. The lowest BCUT2D eigenvalue weighted by atomic mass is 10.2. The van der Waals surface area contributed by atoms with E-state index in [1.807, 2.05) is 11.6 Å². The third kappa shape index (κ3) is 3.55. The Morgan fingerprint density at radius 3 is 2.83 bits per heavy atom. The molecule has 0 spiro atoms. The second-order valence-corrected chi connectivity index (χ2v) is 6.19. The highest BCUT2D eigenvalue weighted by Gasteiger charge is 2.21. The van der Waals surface area contributed by atoms with Crippen LogP contribution in [-0.4, -0.2) is 25.5 Å². The maximum absolute atomic E-state index is 12.5. The Bertz CT molecular complexity index is 758. The van der Waals surface area contributed by atoms with Crippen LogP contribution in [0.3, 0.4) is 0 Å². The van der Waals surface area contributed by atoms with E-state index in [0.717, 1.165) is 25.7 Å². The predicted molar refractivity (Wildman–Crippen MR) is 91.1 cm³/mol. The SMILES string of the molecule is CCCCn1nc(C(=O)Nc2ccnn2C2CCCC2)ccc1=O. The summed E-state index contributed by atoms with van der Waals surface area (Å²) in [6, 6.07) is 5.01. The van der Waals surface area contributed by atoms with Gasteiger partial charge in [-0.15, -0.1) is 0 Å². The summed E-state index contributed by atoms with van der Waals surface area (Å²) in [7, 11) is 0. The molecule has 0 aliphatic heterocycles. The zero-order valence-corrected chi connectivity index (χ0v) is 13.9. The molecule has 1 saturated carbocycles. The first-order valence-electron chi connectivity index (χ1n) is 8.62. The molecule has 2 aromatic rings. The fourth-order valence-electron chi connectivity index (χ4n) is 3.07. The number of anilines is 1. The molecule has 0 radical (unpaired) electrons. The van der Waals surface area contributed by atoms with E-state index in [0.29, 0.717) is 18.4 Å². The Morgan fingerprint density at radius 1 is 1.29 bits per heavy atom. The number of hydrogen-bond donors (Lipinski definition) is 1. The van der Waals surface area contributed by atoms with Crippen LogP contribution in [0.25, 0.3) is 0 Å². The second-order valence-electron chi connectivity index (χ2n) is 6.19. The maximum atomic E-state index is 12.5. The van der Waals surface area contributed by atoms with Crippen molar-refractivity contribution in [3.05, 3.63) is 40.4 Å². The molecule has 1 aliphatic rings. The topological polar surface area (TPSA) is 81.8 Å². The Morgan fingerprint density at radius 2 is 2.08 bits per heavy atom. The Kier molecular flexibility index (Phi) is 5.08. The average Bonchev–Trinajstić information content (AvgIpc) is 3.25. The van der Waals surface area contributed by atoms with Gasteiger partial charge in [0, 0.05) is 18.7 Å². The normalized spacial score (nSPS) is 14.9. The van der Waals surface area contributed by atoms with E-state index >= 15 is 0 Å². The zero-order valence-electron chi connectivity index (χ0n) is 13.9. The van der Waals surface area contributed by atoms with Gasteiger partial charge in [0.1, 0.15) is 11.5 Å². The summed E-state index contributed by atoms with van der Waals surface area (Å²) < 4.78 is 3.24. The molecule has 1 amide bonds. The van der Waals surface area contributed by atoms with Crippen molar-refractivity contribution in [2.75, 3.05) is 5.32 Å². The van der Waals surface area contributed by atoms with Gasteiger partial charge in [-0.25, -0.2) is 9.36 Å². The highest BCUT2D eigenvalue weighted by atomic mass is 16.2. The van der Waals surface area contributed by atoms with Gasteiger partial charge in [-0.2, -0.15) is 10.2 Å². The van der Waals surface area contributed by atoms with Crippen LogP contribution in [0, 0.1) is 0 Å². The van der Waals surface area contributed by atoms with E-state index in [-0.39, 0.29) is 17.2 Å². The van der Waals surface area contributed by atoms with Gasteiger partial charge in [0.25, 0.3) is 11.5 Å². The molecule has 2 heterocycles. The van der Waals surface area contributed by atoms with Crippen molar-refractivity contribution in [3.63, 3.8) is 0 Å². The van der Waals surface area contributed by atoms with Gasteiger partial charge in [-0.05, 0) is 25.3 Å². The molecule has 0 atom stereocenters. The van der Waals surface area contributed by atoms with Crippen LogP contribution in [0.5, 0.6) is 0 Å². The molecule has 24 heavy (non-hydrogen) atoms. The molecule has 1 N–H and O–H groups in total. The summed E-state index contributed by atoms with van der Waals surface area (Å²) in [5, 5.41) is 11.4. The number of unbranched alkanes of at least 4 members (excludes halogenated alkanes) is 1. The Hall–Kier alpha value is -2.44. The number of hydrogen-bond acceptors (Lipinski definition) is 4. The lowest BCUT2D eigenvalue weighted by Crippen LogP contribution is -2.26. The number of carbonyl (C=O) groups excluding carboxylic acids is 1. The van der Waals surface area contributed by atoms with Gasteiger partial charge in [0.05, 0.1) is 12.2 Å². The Balaban J connectivity index is 1.76. The molecule has 128 valence electrons. The van der Waals surface area contributed by atoms with Crippen LogP contribution in [0.1, 0.15) is 62.0 Å². The molecular formula is C17H23N5O2. The minimum Gasteiger partial charge on any atom is -0.305 e. The first-order valence-corrected chi connectivity index (χ1v) is 8.62. The number of aryl methyl sites for hydroxylation is 1. The minimum atomic E-state index is -0.319. The second kappa shape index (κ2) is 7.42. The van der Waals surface area contributed by atoms with Crippen molar-refractivity contribution in [2.24, 2.45) is 0 Å². The van der Waals surface area contributed by atoms with E-state index < -0.39 is 0 Å². The van der Waals surface area contributed by atoms with Crippen LogP contribution in [0.15, 0.2) is 29.2 Å². The first kappa shape index (κ1) is 16.4. The summed E-state index contributed by atoms with van der Waals surface area (Å²) in [5.74, 6) is 0.361. The van der Waals surface area contributed by atoms with Crippen LogP contribution in [0.2, 0.25) is 0 Å². The summed E-state index contributed by atoms with van der Waals surface area (Å²) in [5.41, 5.74) is 0.0564. The van der Waals surface area contributed by atoms with Gasteiger partial charge in [0.2, 0.25) is 0 Å². The van der Waals surface area contributed by atoms with Crippen molar-refractivity contribution in [1.29, 1.82) is 0 Å². The molecule has 2 aromatic heterocycles. The number of nitrogens with zero attached hydrogens (tertiary/aromatic N) is 4. The molecular weight excluding hydrogens is 306 g/mol. The number of nitrogens with one attached hydrogen (secondary N) is 1. The van der Waals surface area contributed by atoms with Crippen LogP contribution >= 0.6 is 0 Å². The number of amides is 1. The van der Waals surface area contributed by atoms with E-state index in [9.17, 15) is 9.59 Å². The monoisotopic (exact) mass is 329 g/mol. The smallest absolute Gasteiger partial charge is 0.277 e. The van der Waals surface area contributed by atoms with Crippen molar-refractivity contribution >= 4 is 11.7 Å². The molecule has 7 nitrogen and oxygen atoms in total. The van der Waals surface area contributed by atoms with E-state index in [1.54, 1.807) is 12.3 Å². The van der Waals surface area contributed by atoms with Crippen molar-refractivity contribution in [2.45, 2.75) is 58.0 Å². The highest BCUT2D eigenvalue weighted by Crippen LogP contribution is 2.31. The first-order chi connectivity index (χ1) is 11.7. The van der Waals surface area contributed by atoms with E-state index in [1.165, 1.54) is 29.7 Å². The summed E-state index contributed by atoms with van der Waals surface area (Å²) in [4.78, 5) is 24.3. The van der Waals surface area contributed by atoms with Gasteiger partial charge in [0.15, 0.2) is 0 Å². The molecule has 0 saturated heterocycles. The van der Waals surface area contributed by atoms with Crippen molar-refractivity contribution in [3.8, 4) is 0 Å². The molecule has 1 fully saturated rings. The van der Waals surface area contributed by atoms with Gasteiger partial charge < -0.3 is 5.32 Å². The molecule has 7 heteroatoms. The number of carbonyl (C=O) groups is 1. The summed E-state index contributed by atoms with van der Waals surface area (Å²) in [6.45, 7) is 2.57. The standard InChI is InChI=1S/C17H23N5O2/c1-2-3-12-21-16(23)9-8-14(20-21)17(24)19-15-10-11-18-22(15)13-6-4-5-7-13/h8-11,13H,2-7,12H2,1H3,(H,19,24). The summed E-state index contributed by atoms with van der Waals surface area (Å²) in [6.07, 6.45) is 8.08. The fourth-order valence-corrected chi connectivity index (χ4v) is 3.07. The third-order valence-electron chi connectivity index (χ3n) is 4.41. The molecule has 3 rings (SSSR count). The zero-order chi connectivity index (χ0) is 16.9. The van der Waals surface area contributed by atoms with Gasteiger partial charge >= 0.3 is 0 Å². The fraction of sp³-hybridized carbons (Fsp3) is 0.529. The average molecular weight is 329 g/mol. The third-order valence-corrected chi connectivity index (χ3v) is 4.41. The number of rotatable bonds is 6.